The zero-order valence-electron chi connectivity index (χ0n) is 16.0. The minimum atomic E-state index is -0.394. The van der Waals surface area contributed by atoms with E-state index in [0.29, 0.717) is 27.7 Å². The van der Waals surface area contributed by atoms with Gasteiger partial charge in [0.25, 0.3) is 11.1 Å². The van der Waals surface area contributed by atoms with E-state index in [2.05, 4.69) is 15.5 Å². The second kappa shape index (κ2) is 8.38. The summed E-state index contributed by atoms with van der Waals surface area (Å²) >= 11 is 6.06. The lowest BCUT2D eigenvalue weighted by Crippen LogP contribution is -2.23. The Bertz CT molecular complexity index is 1270. The zero-order valence-corrected chi connectivity index (χ0v) is 16.7. The second-order valence-corrected chi connectivity index (χ2v) is 6.87. The van der Waals surface area contributed by atoms with Crippen LogP contribution in [0.4, 0.5) is 5.69 Å². The summed E-state index contributed by atoms with van der Waals surface area (Å²) in [5.74, 6) is 0.244. The van der Waals surface area contributed by atoms with Crippen LogP contribution in [-0.4, -0.2) is 27.7 Å². The van der Waals surface area contributed by atoms with Gasteiger partial charge >= 0.3 is 0 Å². The van der Waals surface area contributed by atoms with Gasteiger partial charge in [-0.2, -0.15) is 0 Å². The number of hydrogen-bond donors (Lipinski definition) is 1. The second-order valence-electron chi connectivity index (χ2n) is 6.47. The average molecular weight is 425 g/mol. The molecule has 0 saturated carbocycles. The molecule has 152 valence electrons. The van der Waals surface area contributed by atoms with Gasteiger partial charge in [0.1, 0.15) is 17.0 Å². The van der Waals surface area contributed by atoms with Crippen molar-refractivity contribution in [2.24, 2.45) is 0 Å². The highest BCUT2D eigenvalue weighted by molar-refractivity contribution is 6.32. The first-order valence-electron chi connectivity index (χ1n) is 9.10. The van der Waals surface area contributed by atoms with Crippen molar-refractivity contribution >= 4 is 34.3 Å². The van der Waals surface area contributed by atoms with Gasteiger partial charge in [-0.1, -0.05) is 47.1 Å². The number of nitrogens with one attached hydrogen (secondary N) is 1. The molecule has 0 aliphatic rings. The largest absolute Gasteiger partial charge is 0.495 e. The predicted molar refractivity (Wildman–Crippen MR) is 113 cm³/mol. The van der Waals surface area contributed by atoms with Gasteiger partial charge in [0.05, 0.1) is 18.5 Å². The molecule has 0 unspecified atom stereocenters. The van der Waals surface area contributed by atoms with Crippen LogP contribution in [0, 0.1) is 0 Å². The highest BCUT2D eigenvalue weighted by Crippen LogP contribution is 2.27. The van der Waals surface area contributed by atoms with Crippen LogP contribution in [0.25, 0.3) is 22.4 Å². The topological polar surface area (TPSA) is 99.2 Å². The standard InChI is InChI=1S/C21H17ClN4O4/c1-29-16-8-7-14(11-15(16)22)24-17(27)9-10-26-12-23-19-18(13-5-3-2-4-6-13)25-30-20(19)21(26)28/h2-8,11-12H,9-10H2,1H3,(H,24,27). The number of carbonyl (C=O) groups excluding carboxylic acids is 1. The van der Waals surface area contributed by atoms with Crippen molar-refractivity contribution in [3.05, 3.63) is 70.2 Å². The van der Waals surface area contributed by atoms with Crippen LogP contribution < -0.4 is 15.6 Å². The maximum Gasteiger partial charge on any atom is 0.299 e. The van der Waals surface area contributed by atoms with E-state index >= 15 is 0 Å². The van der Waals surface area contributed by atoms with E-state index in [1.165, 1.54) is 18.0 Å². The third-order valence-electron chi connectivity index (χ3n) is 4.51. The Kier molecular flexibility index (Phi) is 5.49. The first kappa shape index (κ1) is 19.7. The molecule has 0 radical (unpaired) electrons. The van der Waals surface area contributed by atoms with Gasteiger partial charge in [-0.3, -0.25) is 14.2 Å². The summed E-state index contributed by atoms with van der Waals surface area (Å²) in [6, 6.07) is 14.3. The smallest absolute Gasteiger partial charge is 0.299 e. The average Bonchev–Trinajstić information content (AvgIpc) is 3.19. The van der Waals surface area contributed by atoms with E-state index in [1.54, 1.807) is 18.2 Å². The van der Waals surface area contributed by atoms with Crippen molar-refractivity contribution in [2.45, 2.75) is 13.0 Å². The molecule has 0 fully saturated rings. The molecule has 0 bridgehead atoms. The lowest BCUT2D eigenvalue weighted by molar-refractivity contribution is -0.116. The number of ether oxygens (including phenoxy) is 1. The van der Waals surface area contributed by atoms with Crippen LogP contribution in [0.3, 0.4) is 0 Å². The SMILES string of the molecule is COc1ccc(NC(=O)CCn2cnc3c(-c4ccccc4)noc3c2=O)cc1Cl. The Hall–Kier alpha value is -3.65. The third-order valence-corrected chi connectivity index (χ3v) is 4.81. The zero-order chi connectivity index (χ0) is 21.1. The molecule has 30 heavy (non-hydrogen) atoms. The number of halogens is 1. The summed E-state index contributed by atoms with van der Waals surface area (Å²) in [7, 11) is 1.51. The van der Waals surface area contributed by atoms with Crippen molar-refractivity contribution in [1.82, 2.24) is 14.7 Å². The molecular formula is C21H17ClN4O4. The number of amides is 1. The molecule has 0 aliphatic carbocycles. The fraction of sp³-hybridized carbons (Fsp3) is 0.143. The molecule has 0 atom stereocenters. The summed E-state index contributed by atoms with van der Waals surface area (Å²) in [6.07, 6.45) is 1.46. The van der Waals surface area contributed by atoms with Gasteiger partial charge in [-0.25, -0.2) is 4.98 Å². The lowest BCUT2D eigenvalue weighted by Gasteiger charge is -2.09. The number of aromatic nitrogens is 3. The number of fused-ring (bicyclic) bond motifs is 1. The number of nitrogens with zero attached hydrogens (tertiary/aromatic N) is 3. The number of aryl methyl sites for hydroxylation is 1. The van der Waals surface area contributed by atoms with Crippen LogP contribution in [-0.2, 0) is 11.3 Å². The van der Waals surface area contributed by atoms with Crippen LogP contribution >= 0.6 is 11.6 Å². The quantitative estimate of drug-likeness (QED) is 0.506. The number of carbonyl (C=O) groups is 1. The summed E-state index contributed by atoms with van der Waals surface area (Å²) in [5.41, 5.74) is 1.89. The number of benzene rings is 2. The summed E-state index contributed by atoms with van der Waals surface area (Å²) in [4.78, 5) is 29.3. The fourth-order valence-corrected chi connectivity index (χ4v) is 3.25. The molecule has 2 heterocycles. The molecule has 0 spiro atoms. The highest BCUT2D eigenvalue weighted by atomic mass is 35.5. The molecular weight excluding hydrogens is 408 g/mol. The molecule has 8 nitrogen and oxygen atoms in total. The van der Waals surface area contributed by atoms with Gasteiger partial charge in [0, 0.05) is 24.2 Å². The van der Waals surface area contributed by atoms with Gasteiger partial charge < -0.3 is 14.6 Å². The molecule has 1 N–H and O–H groups in total. The van der Waals surface area contributed by atoms with Gasteiger partial charge in [-0.15, -0.1) is 0 Å². The number of rotatable bonds is 6. The first-order valence-corrected chi connectivity index (χ1v) is 9.48. The summed E-state index contributed by atoms with van der Waals surface area (Å²) in [5, 5.41) is 7.11. The monoisotopic (exact) mass is 424 g/mol. The van der Waals surface area contributed by atoms with Crippen molar-refractivity contribution in [2.75, 3.05) is 12.4 Å². The maximum atomic E-state index is 12.7. The summed E-state index contributed by atoms with van der Waals surface area (Å²) in [6.45, 7) is 0.138. The Balaban J connectivity index is 1.48. The molecule has 0 saturated heterocycles. The van der Waals surface area contributed by atoms with Gasteiger partial charge in [-0.05, 0) is 18.2 Å². The van der Waals surface area contributed by atoms with Crippen molar-refractivity contribution in [3.63, 3.8) is 0 Å². The van der Waals surface area contributed by atoms with Crippen LogP contribution in [0.15, 0.2) is 64.2 Å². The van der Waals surface area contributed by atoms with E-state index in [9.17, 15) is 9.59 Å². The van der Waals surface area contributed by atoms with Crippen LogP contribution in [0.1, 0.15) is 6.42 Å². The maximum absolute atomic E-state index is 12.7. The van der Waals surface area contributed by atoms with Crippen LogP contribution in [0.5, 0.6) is 5.75 Å². The highest BCUT2D eigenvalue weighted by Gasteiger charge is 2.16. The van der Waals surface area contributed by atoms with Crippen molar-refractivity contribution in [1.29, 1.82) is 0 Å². The number of hydrogen-bond acceptors (Lipinski definition) is 6. The van der Waals surface area contributed by atoms with Crippen molar-refractivity contribution < 1.29 is 14.1 Å². The van der Waals surface area contributed by atoms with Crippen molar-refractivity contribution in [3.8, 4) is 17.0 Å². The first-order chi connectivity index (χ1) is 14.6. The number of anilines is 1. The Morgan fingerprint density at radius 3 is 2.77 bits per heavy atom. The van der Waals surface area contributed by atoms with Gasteiger partial charge in [0.2, 0.25) is 5.91 Å². The van der Waals surface area contributed by atoms with Gasteiger partial charge in [0.15, 0.2) is 0 Å². The minimum Gasteiger partial charge on any atom is -0.495 e. The Morgan fingerprint density at radius 1 is 1.23 bits per heavy atom. The third kappa shape index (κ3) is 3.90. The molecule has 4 aromatic rings. The normalized spacial score (nSPS) is 10.9. The van der Waals surface area contributed by atoms with E-state index in [4.69, 9.17) is 20.9 Å². The van der Waals surface area contributed by atoms with E-state index in [-0.39, 0.29) is 24.5 Å². The minimum absolute atomic E-state index is 0.0543. The Morgan fingerprint density at radius 2 is 2.03 bits per heavy atom. The predicted octanol–water partition coefficient (Wildman–Crippen LogP) is 3.74. The summed E-state index contributed by atoms with van der Waals surface area (Å²) < 4.78 is 11.6. The Labute approximate surface area is 176 Å². The molecule has 2 aromatic heterocycles. The number of methoxy groups -OCH3 is 1. The van der Waals surface area contributed by atoms with E-state index in [1.807, 2.05) is 30.3 Å². The molecule has 0 aliphatic heterocycles. The molecule has 1 amide bonds. The molecule has 9 heteroatoms. The van der Waals surface area contributed by atoms with Crippen LogP contribution in [0.2, 0.25) is 5.02 Å². The molecule has 4 rings (SSSR count). The van der Waals surface area contributed by atoms with E-state index < -0.39 is 5.56 Å². The van der Waals surface area contributed by atoms with E-state index in [0.717, 1.165) is 5.56 Å². The lowest BCUT2D eigenvalue weighted by atomic mass is 10.1. The molecule has 2 aromatic carbocycles. The fourth-order valence-electron chi connectivity index (χ4n) is 2.99.